The van der Waals surface area contributed by atoms with Gasteiger partial charge in [0.1, 0.15) is 11.9 Å². The van der Waals surface area contributed by atoms with Crippen LogP contribution in [-0.2, 0) is 6.54 Å². The molecule has 1 aromatic heterocycles. The Hall–Kier alpha value is -1.70. The number of nitrogens with one attached hydrogen (secondary N) is 1. The summed E-state index contributed by atoms with van der Waals surface area (Å²) in [4.78, 5) is 17.7. The van der Waals surface area contributed by atoms with Crippen LogP contribution in [0.15, 0.2) is 12.5 Å². The van der Waals surface area contributed by atoms with Crippen LogP contribution < -0.4 is 5.32 Å². The second-order valence-electron chi connectivity index (χ2n) is 2.91. The van der Waals surface area contributed by atoms with Gasteiger partial charge in [0.2, 0.25) is 0 Å². The summed E-state index contributed by atoms with van der Waals surface area (Å²) < 4.78 is 35.4. The number of nitrogens with zero attached hydrogens (tertiary/aromatic N) is 2. The minimum absolute atomic E-state index is 0.0201. The molecule has 0 aromatic carbocycles. The number of hydrogen-bond acceptors (Lipinski definition) is 4. The zero-order chi connectivity index (χ0) is 12.2. The Balaban J connectivity index is 2.64. The first kappa shape index (κ1) is 12.4. The highest BCUT2D eigenvalue weighted by atomic mass is 19.4. The number of hydrogen-bond donors (Lipinski definition) is 2. The van der Waals surface area contributed by atoms with E-state index in [1.54, 1.807) is 0 Å². The van der Waals surface area contributed by atoms with Gasteiger partial charge in [-0.1, -0.05) is 0 Å². The molecule has 1 rings (SSSR count). The van der Waals surface area contributed by atoms with Gasteiger partial charge in [-0.25, -0.2) is 14.8 Å². The molecular formula is C8H8F3N3O2. The fourth-order valence-corrected chi connectivity index (χ4v) is 0.997. The quantitative estimate of drug-likeness (QED) is 0.808. The molecule has 0 saturated carbocycles. The van der Waals surface area contributed by atoms with Gasteiger partial charge in [0.05, 0.1) is 12.2 Å². The van der Waals surface area contributed by atoms with E-state index in [-0.39, 0.29) is 17.8 Å². The third kappa shape index (κ3) is 3.81. The van der Waals surface area contributed by atoms with E-state index in [1.165, 1.54) is 0 Å². The first-order chi connectivity index (χ1) is 7.40. The van der Waals surface area contributed by atoms with E-state index in [1.807, 2.05) is 0 Å². The number of aromatic nitrogens is 2. The molecule has 16 heavy (non-hydrogen) atoms. The smallest absolute Gasteiger partial charge is 0.401 e. The number of rotatable bonds is 4. The molecule has 0 aliphatic heterocycles. The maximum atomic E-state index is 11.8. The van der Waals surface area contributed by atoms with Crippen molar-refractivity contribution in [3.63, 3.8) is 0 Å². The second kappa shape index (κ2) is 4.88. The van der Waals surface area contributed by atoms with Crippen LogP contribution in [-0.4, -0.2) is 33.8 Å². The second-order valence-corrected chi connectivity index (χ2v) is 2.91. The molecule has 8 heteroatoms. The predicted molar refractivity (Wildman–Crippen MR) is 46.8 cm³/mol. The van der Waals surface area contributed by atoms with Gasteiger partial charge >= 0.3 is 12.1 Å². The van der Waals surface area contributed by atoms with Crippen molar-refractivity contribution in [2.75, 3.05) is 6.54 Å². The molecule has 2 N–H and O–H groups in total. The lowest BCUT2D eigenvalue weighted by molar-refractivity contribution is -0.125. The third-order valence-electron chi connectivity index (χ3n) is 1.64. The number of carboxylic acids is 1. The molecule has 0 spiro atoms. The molecule has 0 radical (unpaired) electrons. The molecule has 0 fully saturated rings. The number of carboxylic acid groups (broad SMARTS) is 1. The van der Waals surface area contributed by atoms with Crippen molar-refractivity contribution in [1.29, 1.82) is 0 Å². The van der Waals surface area contributed by atoms with Crippen LogP contribution in [0.25, 0.3) is 0 Å². The molecule has 0 unspecified atom stereocenters. The van der Waals surface area contributed by atoms with Crippen molar-refractivity contribution < 1.29 is 23.1 Å². The monoisotopic (exact) mass is 235 g/mol. The molecule has 88 valence electrons. The first-order valence-corrected chi connectivity index (χ1v) is 4.20. The van der Waals surface area contributed by atoms with E-state index in [0.29, 0.717) is 0 Å². The van der Waals surface area contributed by atoms with E-state index < -0.39 is 18.7 Å². The average Bonchev–Trinajstić information content (AvgIpc) is 2.16. The van der Waals surface area contributed by atoms with Gasteiger partial charge in [0.15, 0.2) is 0 Å². The standard InChI is InChI=1S/C8H8F3N3O2/c9-8(10,11)3-12-2-6-5(7(15)16)1-13-4-14-6/h1,4,12H,2-3H2,(H,15,16). The molecule has 0 saturated heterocycles. The van der Waals surface area contributed by atoms with Gasteiger partial charge in [0.25, 0.3) is 0 Å². The minimum atomic E-state index is -4.34. The fraction of sp³-hybridized carbons (Fsp3) is 0.375. The van der Waals surface area contributed by atoms with Crippen LogP contribution in [0.1, 0.15) is 16.1 Å². The van der Waals surface area contributed by atoms with Gasteiger partial charge in [-0.2, -0.15) is 13.2 Å². The van der Waals surface area contributed by atoms with Crippen molar-refractivity contribution in [2.24, 2.45) is 0 Å². The first-order valence-electron chi connectivity index (χ1n) is 4.20. The molecule has 1 heterocycles. The van der Waals surface area contributed by atoms with Crippen LogP contribution in [0, 0.1) is 0 Å². The molecule has 0 atom stereocenters. The third-order valence-corrected chi connectivity index (χ3v) is 1.64. The number of aromatic carboxylic acids is 1. The Labute approximate surface area is 88.3 Å². The van der Waals surface area contributed by atoms with E-state index in [2.05, 4.69) is 15.3 Å². The van der Waals surface area contributed by atoms with Crippen LogP contribution in [0.4, 0.5) is 13.2 Å². The molecule has 0 aliphatic carbocycles. The maximum Gasteiger partial charge on any atom is 0.401 e. The van der Waals surface area contributed by atoms with Crippen LogP contribution in [0.3, 0.4) is 0 Å². The summed E-state index contributed by atoms with van der Waals surface area (Å²) in [5.41, 5.74) is -0.191. The van der Waals surface area contributed by atoms with Crippen LogP contribution in [0.5, 0.6) is 0 Å². The molecule has 0 bridgehead atoms. The topological polar surface area (TPSA) is 75.1 Å². The molecule has 5 nitrogen and oxygen atoms in total. The minimum Gasteiger partial charge on any atom is -0.478 e. The highest BCUT2D eigenvalue weighted by Crippen LogP contribution is 2.12. The highest BCUT2D eigenvalue weighted by molar-refractivity contribution is 5.88. The van der Waals surface area contributed by atoms with Crippen molar-refractivity contribution in [2.45, 2.75) is 12.7 Å². The predicted octanol–water partition coefficient (Wildman–Crippen LogP) is 0.827. The molecular weight excluding hydrogens is 227 g/mol. The van der Waals surface area contributed by atoms with E-state index in [4.69, 9.17) is 5.11 Å². The summed E-state index contributed by atoms with van der Waals surface area (Å²) in [7, 11) is 0. The number of halogens is 3. The zero-order valence-electron chi connectivity index (χ0n) is 7.95. The molecule has 0 aliphatic rings. The van der Waals surface area contributed by atoms with Gasteiger partial charge in [0, 0.05) is 12.7 Å². The van der Waals surface area contributed by atoms with Gasteiger partial charge in [-0.3, -0.25) is 0 Å². The van der Waals surface area contributed by atoms with Gasteiger partial charge < -0.3 is 10.4 Å². The Morgan fingerprint density at radius 3 is 2.75 bits per heavy atom. The van der Waals surface area contributed by atoms with Crippen LogP contribution >= 0.6 is 0 Å². The van der Waals surface area contributed by atoms with Gasteiger partial charge in [-0.15, -0.1) is 0 Å². The van der Waals surface area contributed by atoms with Crippen LogP contribution in [0.2, 0.25) is 0 Å². The normalized spacial score (nSPS) is 11.4. The van der Waals surface area contributed by atoms with E-state index >= 15 is 0 Å². The molecule has 1 aromatic rings. The zero-order valence-corrected chi connectivity index (χ0v) is 7.95. The summed E-state index contributed by atoms with van der Waals surface area (Å²) in [6.45, 7) is -1.47. The largest absolute Gasteiger partial charge is 0.478 e. The summed E-state index contributed by atoms with van der Waals surface area (Å²) in [5, 5.41) is 10.8. The lowest BCUT2D eigenvalue weighted by atomic mass is 10.2. The lowest BCUT2D eigenvalue weighted by Gasteiger charge is -2.08. The van der Waals surface area contributed by atoms with Gasteiger partial charge in [-0.05, 0) is 0 Å². The number of alkyl halides is 3. The Bertz CT molecular complexity index is 381. The summed E-state index contributed by atoms with van der Waals surface area (Å²) in [5.74, 6) is -1.27. The Morgan fingerprint density at radius 1 is 1.50 bits per heavy atom. The molecule has 0 amide bonds. The summed E-state index contributed by atoms with van der Waals surface area (Å²) >= 11 is 0. The van der Waals surface area contributed by atoms with Crippen molar-refractivity contribution in [3.05, 3.63) is 23.8 Å². The van der Waals surface area contributed by atoms with Crippen molar-refractivity contribution in [1.82, 2.24) is 15.3 Å². The van der Waals surface area contributed by atoms with E-state index in [9.17, 15) is 18.0 Å². The van der Waals surface area contributed by atoms with Crippen molar-refractivity contribution in [3.8, 4) is 0 Å². The maximum absolute atomic E-state index is 11.8. The Morgan fingerprint density at radius 2 is 2.19 bits per heavy atom. The number of carbonyl (C=O) groups is 1. The summed E-state index contributed by atoms with van der Waals surface area (Å²) in [6, 6.07) is 0. The highest BCUT2D eigenvalue weighted by Gasteiger charge is 2.26. The lowest BCUT2D eigenvalue weighted by Crippen LogP contribution is -2.29. The average molecular weight is 235 g/mol. The fourth-order valence-electron chi connectivity index (χ4n) is 0.997. The summed E-state index contributed by atoms with van der Waals surface area (Å²) in [6.07, 6.45) is -2.21. The van der Waals surface area contributed by atoms with Crippen molar-refractivity contribution >= 4 is 5.97 Å². The Kier molecular flexibility index (Phi) is 3.78. The van der Waals surface area contributed by atoms with E-state index in [0.717, 1.165) is 12.5 Å². The SMILES string of the molecule is O=C(O)c1cncnc1CNCC(F)(F)F.